The van der Waals surface area contributed by atoms with Gasteiger partial charge in [0.2, 0.25) is 0 Å². The topological polar surface area (TPSA) is 21.3 Å². The van der Waals surface area contributed by atoms with Gasteiger partial charge in [-0.2, -0.15) is 0 Å². The van der Waals surface area contributed by atoms with Crippen molar-refractivity contribution in [2.75, 3.05) is 6.61 Å². The molecule has 0 radical (unpaired) electrons. The Morgan fingerprint density at radius 1 is 1.29 bits per heavy atom. The van der Waals surface area contributed by atoms with Crippen LogP contribution in [0.4, 0.5) is 0 Å². The van der Waals surface area contributed by atoms with Gasteiger partial charge in [-0.1, -0.05) is 27.7 Å². The van der Waals surface area contributed by atoms with Crippen molar-refractivity contribution in [1.29, 1.82) is 0 Å². The Labute approximate surface area is 87.4 Å². The normalized spacial score (nSPS) is 34.5. The highest BCUT2D eigenvalue weighted by Crippen LogP contribution is 2.42. The van der Waals surface area contributed by atoms with Gasteiger partial charge in [-0.05, 0) is 25.2 Å². The molecule has 82 valence electrons. The number of nitrogens with one attached hydrogen (secondary N) is 1. The molecule has 1 spiro atoms. The third-order valence-electron chi connectivity index (χ3n) is 3.81. The van der Waals surface area contributed by atoms with Crippen LogP contribution in [-0.2, 0) is 4.74 Å². The molecule has 0 aromatic heterocycles. The lowest BCUT2D eigenvalue weighted by Gasteiger charge is -2.55. The zero-order chi connectivity index (χ0) is 10.4. The van der Waals surface area contributed by atoms with Gasteiger partial charge in [0.1, 0.15) is 5.72 Å². The second kappa shape index (κ2) is 3.21. The van der Waals surface area contributed by atoms with Gasteiger partial charge in [0.05, 0.1) is 6.61 Å². The fourth-order valence-electron chi connectivity index (χ4n) is 2.79. The molecule has 1 N–H and O–H groups in total. The quantitative estimate of drug-likeness (QED) is 0.697. The monoisotopic (exact) mass is 197 g/mol. The molecule has 0 amide bonds. The molecule has 0 aromatic carbocycles. The molecule has 1 unspecified atom stereocenters. The summed E-state index contributed by atoms with van der Waals surface area (Å²) in [4.78, 5) is 0. The maximum absolute atomic E-state index is 5.99. The van der Waals surface area contributed by atoms with E-state index in [1.807, 2.05) is 0 Å². The van der Waals surface area contributed by atoms with Crippen molar-refractivity contribution < 1.29 is 4.74 Å². The third kappa shape index (κ3) is 1.59. The predicted molar refractivity (Wildman–Crippen MR) is 58.1 cm³/mol. The van der Waals surface area contributed by atoms with Crippen molar-refractivity contribution in [1.82, 2.24) is 5.32 Å². The lowest BCUT2D eigenvalue weighted by Crippen LogP contribution is -2.67. The summed E-state index contributed by atoms with van der Waals surface area (Å²) in [5.41, 5.74) is 0.333. The maximum Gasteiger partial charge on any atom is 0.119 e. The lowest BCUT2D eigenvalue weighted by molar-refractivity contribution is -0.200. The van der Waals surface area contributed by atoms with Gasteiger partial charge in [-0.15, -0.1) is 0 Å². The number of rotatable bonds is 1. The van der Waals surface area contributed by atoms with Gasteiger partial charge < -0.3 is 4.74 Å². The predicted octanol–water partition coefficient (Wildman–Crippen LogP) is 2.54. The van der Waals surface area contributed by atoms with Crippen LogP contribution < -0.4 is 5.32 Å². The van der Waals surface area contributed by atoms with Crippen LogP contribution in [0, 0.1) is 11.3 Å². The Kier molecular flexibility index (Phi) is 2.39. The van der Waals surface area contributed by atoms with Crippen LogP contribution in [0.5, 0.6) is 0 Å². The molecule has 1 heterocycles. The Morgan fingerprint density at radius 3 is 2.36 bits per heavy atom. The summed E-state index contributed by atoms with van der Waals surface area (Å²) in [6, 6.07) is 0.594. The first kappa shape index (κ1) is 10.4. The average Bonchev–Trinajstić information content (AvgIpc) is 2.00. The molecule has 0 aromatic rings. The molecule has 0 bridgehead atoms. The fourth-order valence-corrected chi connectivity index (χ4v) is 2.79. The van der Waals surface area contributed by atoms with Crippen LogP contribution in [0.3, 0.4) is 0 Å². The van der Waals surface area contributed by atoms with E-state index >= 15 is 0 Å². The molecule has 1 saturated heterocycles. The van der Waals surface area contributed by atoms with E-state index < -0.39 is 0 Å². The van der Waals surface area contributed by atoms with Crippen LogP contribution in [0.25, 0.3) is 0 Å². The summed E-state index contributed by atoms with van der Waals surface area (Å²) in [5, 5.41) is 3.73. The van der Waals surface area contributed by atoms with E-state index in [4.69, 9.17) is 4.74 Å². The smallest absolute Gasteiger partial charge is 0.119 e. The Balaban J connectivity index is 2.09. The lowest BCUT2D eigenvalue weighted by atomic mass is 9.74. The van der Waals surface area contributed by atoms with Crippen molar-refractivity contribution in [3.8, 4) is 0 Å². The summed E-state index contributed by atoms with van der Waals surface area (Å²) in [5.74, 6) is 0.686. The minimum absolute atomic E-state index is 0.0600. The average molecular weight is 197 g/mol. The molecule has 2 aliphatic rings. The molecule has 2 rings (SSSR count). The van der Waals surface area contributed by atoms with Crippen molar-refractivity contribution in [3.63, 3.8) is 0 Å². The second-order valence-corrected chi connectivity index (χ2v) is 5.99. The highest BCUT2D eigenvalue weighted by molar-refractivity contribution is 4.99. The van der Waals surface area contributed by atoms with E-state index in [1.54, 1.807) is 0 Å². The van der Waals surface area contributed by atoms with E-state index in [1.165, 1.54) is 19.3 Å². The van der Waals surface area contributed by atoms with E-state index in [0.29, 0.717) is 12.0 Å². The van der Waals surface area contributed by atoms with E-state index in [9.17, 15) is 0 Å². The van der Waals surface area contributed by atoms with Crippen LogP contribution in [0.15, 0.2) is 0 Å². The van der Waals surface area contributed by atoms with Crippen molar-refractivity contribution >= 4 is 0 Å². The van der Waals surface area contributed by atoms with Crippen molar-refractivity contribution in [3.05, 3.63) is 0 Å². The van der Waals surface area contributed by atoms with Crippen molar-refractivity contribution in [2.24, 2.45) is 11.3 Å². The zero-order valence-corrected chi connectivity index (χ0v) is 9.89. The number of hydrogen-bond donors (Lipinski definition) is 1. The Hall–Kier alpha value is -0.0800. The molecule has 14 heavy (non-hydrogen) atoms. The SMILES string of the molecule is CC(C)C1NC2(CCC2)OCC1(C)C. The molecule has 1 atom stereocenters. The molecule has 1 saturated carbocycles. The summed E-state index contributed by atoms with van der Waals surface area (Å²) < 4.78 is 5.99. The summed E-state index contributed by atoms with van der Waals surface area (Å²) in [6.45, 7) is 10.1. The molecule has 2 nitrogen and oxygen atoms in total. The minimum atomic E-state index is 0.0600. The first-order valence-electron chi connectivity index (χ1n) is 5.87. The van der Waals surface area contributed by atoms with Gasteiger partial charge in [0.15, 0.2) is 0 Å². The summed E-state index contributed by atoms with van der Waals surface area (Å²) in [6.07, 6.45) is 3.72. The summed E-state index contributed by atoms with van der Waals surface area (Å²) in [7, 11) is 0. The number of ether oxygens (including phenoxy) is 1. The van der Waals surface area contributed by atoms with E-state index in [2.05, 4.69) is 33.0 Å². The van der Waals surface area contributed by atoms with Gasteiger partial charge in [0, 0.05) is 11.5 Å². The molecular weight excluding hydrogens is 174 g/mol. The first-order chi connectivity index (χ1) is 6.45. The Bertz CT molecular complexity index is 218. The minimum Gasteiger partial charge on any atom is -0.360 e. The fraction of sp³-hybridized carbons (Fsp3) is 1.00. The van der Waals surface area contributed by atoms with Gasteiger partial charge in [-0.25, -0.2) is 0 Å². The molecule has 2 heteroatoms. The third-order valence-corrected chi connectivity index (χ3v) is 3.81. The largest absolute Gasteiger partial charge is 0.360 e. The molecular formula is C12H23NO. The Morgan fingerprint density at radius 2 is 1.93 bits per heavy atom. The standard InChI is InChI=1S/C12H23NO/c1-9(2)10-11(3,4)8-14-12(13-10)6-5-7-12/h9-10,13H,5-8H2,1-4H3. The highest BCUT2D eigenvalue weighted by Gasteiger charge is 2.48. The molecule has 2 fully saturated rings. The zero-order valence-electron chi connectivity index (χ0n) is 9.89. The molecule has 1 aliphatic carbocycles. The summed E-state index contributed by atoms with van der Waals surface area (Å²) >= 11 is 0. The van der Waals surface area contributed by atoms with E-state index in [0.717, 1.165) is 6.61 Å². The highest BCUT2D eigenvalue weighted by atomic mass is 16.5. The van der Waals surface area contributed by atoms with Gasteiger partial charge in [-0.3, -0.25) is 5.32 Å². The van der Waals surface area contributed by atoms with Gasteiger partial charge in [0.25, 0.3) is 0 Å². The first-order valence-corrected chi connectivity index (χ1v) is 5.87. The van der Waals surface area contributed by atoms with Crippen molar-refractivity contribution in [2.45, 2.75) is 58.7 Å². The maximum atomic E-state index is 5.99. The molecule has 1 aliphatic heterocycles. The van der Waals surface area contributed by atoms with Gasteiger partial charge >= 0.3 is 0 Å². The second-order valence-electron chi connectivity index (χ2n) is 5.99. The van der Waals surface area contributed by atoms with Crippen LogP contribution >= 0.6 is 0 Å². The van der Waals surface area contributed by atoms with E-state index in [-0.39, 0.29) is 11.1 Å². The number of hydrogen-bond acceptors (Lipinski definition) is 2. The van der Waals surface area contributed by atoms with Crippen LogP contribution in [0.1, 0.15) is 47.0 Å². The van der Waals surface area contributed by atoms with Crippen LogP contribution in [0.2, 0.25) is 0 Å². The van der Waals surface area contributed by atoms with Crippen LogP contribution in [-0.4, -0.2) is 18.4 Å².